The van der Waals surface area contributed by atoms with Crippen molar-refractivity contribution in [2.45, 2.75) is 0 Å². The monoisotopic (exact) mass is 236 g/mol. The van der Waals surface area contributed by atoms with E-state index in [1.807, 2.05) is 23.6 Å². The minimum absolute atomic E-state index is 0.599. The van der Waals surface area contributed by atoms with Crippen LogP contribution in [-0.4, -0.2) is 0 Å². The van der Waals surface area contributed by atoms with E-state index in [4.69, 9.17) is 10.5 Å². The summed E-state index contributed by atoms with van der Waals surface area (Å²) < 4.78 is 0. The number of hydrogen-bond acceptors (Lipinski definition) is 3. The molecule has 0 radical (unpaired) electrons. The van der Waals surface area contributed by atoms with Crippen molar-refractivity contribution in [1.82, 2.24) is 0 Å². The van der Waals surface area contributed by atoms with Gasteiger partial charge in [0.1, 0.15) is 0 Å². The summed E-state index contributed by atoms with van der Waals surface area (Å²) in [6.07, 6.45) is 1.85. The molecular formula is C14H8N2S. The van der Waals surface area contributed by atoms with Crippen LogP contribution in [0, 0.1) is 22.7 Å². The molecule has 0 bridgehead atoms. The van der Waals surface area contributed by atoms with Gasteiger partial charge in [0.25, 0.3) is 0 Å². The standard InChI is InChI=1S/C14H8N2S/c15-9-11-3-5-12(6-4-11)13(10-16)8-14-2-1-7-17-14/h1-8H/b13-8-. The lowest BCUT2D eigenvalue weighted by molar-refractivity contribution is 1.47. The molecule has 2 aromatic rings. The second-order valence-corrected chi connectivity index (χ2v) is 4.35. The first-order chi connectivity index (χ1) is 8.33. The number of hydrogen-bond donors (Lipinski definition) is 0. The zero-order valence-electron chi connectivity index (χ0n) is 8.92. The molecule has 0 aliphatic rings. The molecule has 1 aromatic carbocycles. The van der Waals surface area contributed by atoms with Gasteiger partial charge < -0.3 is 0 Å². The zero-order valence-corrected chi connectivity index (χ0v) is 9.74. The van der Waals surface area contributed by atoms with Crippen LogP contribution >= 0.6 is 11.3 Å². The van der Waals surface area contributed by atoms with Gasteiger partial charge >= 0.3 is 0 Å². The Hall–Kier alpha value is -2.36. The van der Waals surface area contributed by atoms with E-state index in [-0.39, 0.29) is 0 Å². The second kappa shape index (κ2) is 5.12. The number of thiophene rings is 1. The van der Waals surface area contributed by atoms with E-state index in [2.05, 4.69) is 12.1 Å². The Morgan fingerprint density at radius 2 is 1.88 bits per heavy atom. The average Bonchev–Trinajstić information content (AvgIpc) is 2.89. The van der Waals surface area contributed by atoms with Crippen LogP contribution in [0.2, 0.25) is 0 Å². The predicted molar refractivity (Wildman–Crippen MR) is 69.0 cm³/mol. The van der Waals surface area contributed by atoms with Gasteiger partial charge in [0.05, 0.1) is 23.3 Å². The first kappa shape index (κ1) is 11.1. The summed E-state index contributed by atoms with van der Waals surface area (Å²) in [6, 6.07) is 15.2. The van der Waals surface area contributed by atoms with Crippen molar-refractivity contribution in [3.8, 4) is 12.1 Å². The Bertz CT molecular complexity index is 608. The third-order valence-corrected chi connectivity index (χ3v) is 3.09. The van der Waals surface area contributed by atoms with Gasteiger partial charge in [0, 0.05) is 4.88 Å². The Labute approximate surface area is 104 Å². The van der Waals surface area contributed by atoms with Gasteiger partial charge in [0.2, 0.25) is 0 Å². The van der Waals surface area contributed by atoms with E-state index in [1.165, 1.54) is 0 Å². The molecule has 2 nitrogen and oxygen atoms in total. The number of nitriles is 2. The van der Waals surface area contributed by atoms with E-state index in [0.29, 0.717) is 11.1 Å². The predicted octanol–water partition coefficient (Wildman–Crippen LogP) is 3.68. The van der Waals surface area contributed by atoms with E-state index in [0.717, 1.165) is 10.4 Å². The maximum Gasteiger partial charge on any atom is 0.0998 e. The number of nitrogens with zero attached hydrogens (tertiary/aromatic N) is 2. The van der Waals surface area contributed by atoms with E-state index >= 15 is 0 Å². The summed E-state index contributed by atoms with van der Waals surface area (Å²) in [6.45, 7) is 0. The van der Waals surface area contributed by atoms with Crippen molar-refractivity contribution in [1.29, 1.82) is 10.5 Å². The largest absolute Gasteiger partial charge is 0.192 e. The Kier molecular flexibility index (Phi) is 3.35. The summed E-state index contributed by atoms with van der Waals surface area (Å²) in [7, 11) is 0. The van der Waals surface area contributed by atoms with Crippen molar-refractivity contribution in [3.05, 3.63) is 57.8 Å². The van der Waals surface area contributed by atoms with Crippen molar-refractivity contribution in [2.24, 2.45) is 0 Å². The van der Waals surface area contributed by atoms with Crippen molar-refractivity contribution >= 4 is 23.0 Å². The van der Waals surface area contributed by atoms with Crippen molar-refractivity contribution in [3.63, 3.8) is 0 Å². The molecule has 0 N–H and O–H groups in total. The minimum atomic E-state index is 0.599. The molecule has 80 valence electrons. The van der Waals surface area contributed by atoms with Crippen molar-refractivity contribution in [2.75, 3.05) is 0 Å². The molecule has 17 heavy (non-hydrogen) atoms. The SMILES string of the molecule is N#C/C(=C/c1cccs1)c1ccc(C#N)cc1. The number of rotatable bonds is 2. The van der Waals surface area contributed by atoms with E-state index in [9.17, 15) is 0 Å². The van der Waals surface area contributed by atoms with Gasteiger partial charge in [-0.3, -0.25) is 0 Å². The molecule has 1 heterocycles. The first-order valence-electron chi connectivity index (χ1n) is 4.99. The molecule has 1 aromatic heterocycles. The highest BCUT2D eigenvalue weighted by molar-refractivity contribution is 7.10. The molecule has 0 atom stereocenters. The Morgan fingerprint density at radius 1 is 1.12 bits per heavy atom. The van der Waals surface area contributed by atoms with Crippen LogP contribution < -0.4 is 0 Å². The van der Waals surface area contributed by atoms with Crippen LogP contribution in [0.1, 0.15) is 16.0 Å². The molecule has 0 aliphatic carbocycles. The molecule has 0 fully saturated rings. The smallest absolute Gasteiger partial charge is 0.0998 e. The topological polar surface area (TPSA) is 47.6 Å². The summed E-state index contributed by atoms with van der Waals surface area (Å²) >= 11 is 1.59. The first-order valence-corrected chi connectivity index (χ1v) is 5.87. The maximum absolute atomic E-state index is 9.13. The van der Waals surface area contributed by atoms with Crippen LogP contribution in [0.4, 0.5) is 0 Å². The molecular weight excluding hydrogens is 228 g/mol. The summed E-state index contributed by atoms with van der Waals surface area (Å²) in [5.41, 5.74) is 2.04. The number of allylic oxidation sites excluding steroid dienone is 1. The fourth-order valence-corrected chi connectivity index (χ4v) is 2.08. The highest BCUT2D eigenvalue weighted by atomic mass is 32.1. The molecule has 0 saturated heterocycles. The van der Waals surface area contributed by atoms with Gasteiger partial charge in [-0.05, 0) is 35.2 Å². The third kappa shape index (κ3) is 2.60. The van der Waals surface area contributed by atoms with E-state index in [1.54, 1.807) is 35.6 Å². The van der Waals surface area contributed by atoms with Gasteiger partial charge in [0.15, 0.2) is 0 Å². The lowest BCUT2D eigenvalue weighted by atomic mass is 10.0. The lowest BCUT2D eigenvalue weighted by Gasteiger charge is -1.98. The average molecular weight is 236 g/mol. The van der Waals surface area contributed by atoms with Crippen LogP contribution in [0.3, 0.4) is 0 Å². The fourth-order valence-electron chi connectivity index (χ4n) is 1.42. The normalized spacial score (nSPS) is 10.6. The van der Waals surface area contributed by atoms with Gasteiger partial charge in [-0.1, -0.05) is 18.2 Å². The van der Waals surface area contributed by atoms with Crippen LogP contribution in [0.15, 0.2) is 41.8 Å². The van der Waals surface area contributed by atoms with Crippen LogP contribution in [0.25, 0.3) is 11.6 Å². The molecule has 0 aliphatic heterocycles. The second-order valence-electron chi connectivity index (χ2n) is 3.37. The molecule has 2 rings (SSSR count). The third-order valence-electron chi connectivity index (χ3n) is 2.28. The van der Waals surface area contributed by atoms with Gasteiger partial charge in [-0.15, -0.1) is 11.3 Å². The van der Waals surface area contributed by atoms with Gasteiger partial charge in [-0.2, -0.15) is 10.5 Å². The Balaban J connectivity index is 2.37. The lowest BCUT2D eigenvalue weighted by Crippen LogP contribution is -1.82. The molecule has 0 saturated carbocycles. The van der Waals surface area contributed by atoms with Crippen LogP contribution in [-0.2, 0) is 0 Å². The van der Waals surface area contributed by atoms with Gasteiger partial charge in [-0.25, -0.2) is 0 Å². The molecule has 0 unspecified atom stereocenters. The van der Waals surface area contributed by atoms with Crippen molar-refractivity contribution < 1.29 is 0 Å². The highest BCUT2D eigenvalue weighted by Gasteiger charge is 2.01. The Morgan fingerprint density at radius 3 is 2.41 bits per heavy atom. The molecule has 0 amide bonds. The summed E-state index contributed by atoms with van der Waals surface area (Å²) in [5.74, 6) is 0. The molecule has 0 spiro atoms. The van der Waals surface area contributed by atoms with E-state index < -0.39 is 0 Å². The maximum atomic E-state index is 9.13. The van der Waals surface area contributed by atoms with Crippen LogP contribution in [0.5, 0.6) is 0 Å². The highest BCUT2D eigenvalue weighted by Crippen LogP contribution is 2.20. The summed E-state index contributed by atoms with van der Waals surface area (Å²) in [4.78, 5) is 1.05. The number of benzene rings is 1. The summed E-state index contributed by atoms with van der Waals surface area (Å²) in [5, 5.41) is 19.8. The fraction of sp³-hybridized carbons (Fsp3) is 0. The zero-order chi connectivity index (χ0) is 12.1. The minimum Gasteiger partial charge on any atom is -0.192 e. The quantitative estimate of drug-likeness (QED) is 0.747. The molecule has 3 heteroatoms.